The standard InChI is InChI=1S/2C12H11O3PS.Zn/c2*13-16(17,14-11-7-3-1-4-8-11)15-12-9-5-2-6-10-12;/h2*1-10H,(H,13,17);/q;;+2/p-2. The van der Waals surface area contributed by atoms with E-state index in [0.29, 0.717) is 23.0 Å². The van der Waals surface area contributed by atoms with Crippen LogP contribution in [0, 0.1) is 0 Å². The van der Waals surface area contributed by atoms with Crippen molar-refractivity contribution in [2.75, 3.05) is 0 Å². The van der Waals surface area contributed by atoms with Crippen molar-refractivity contribution in [3.63, 3.8) is 0 Å². The third kappa shape index (κ3) is 11.5. The molecule has 0 heterocycles. The molecule has 0 amide bonds. The van der Waals surface area contributed by atoms with E-state index < -0.39 is 13.4 Å². The fourth-order valence-electron chi connectivity index (χ4n) is 2.48. The van der Waals surface area contributed by atoms with Gasteiger partial charge in [-0.3, -0.25) is 0 Å². The van der Waals surface area contributed by atoms with Crippen molar-refractivity contribution in [2.24, 2.45) is 0 Å². The topological polar surface area (TPSA) is 83.0 Å². The Bertz CT molecular complexity index is 1050. The van der Waals surface area contributed by atoms with Gasteiger partial charge in [-0.2, -0.15) is 0 Å². The van der Waals surface area contributed by atoms with Gasteiger partial charge < -0.3 is 27.9 Å². The van der Waals surface area contributed by atoms with Crippen LogP contribution in [0.4, 0.5) is 0 Å². The second-order valence-electron chi connectivity index (χ2n) is 6.51. The molecule has 0 radical (unpaired) electrons. The summed E-state index contributed by atoms with van der Waals surface area (Å²) in [7, 11) is 0. The van der Waals surface area contributed by atoms with E-state index in [9.17, 15) is 9.79 Å². The second-order valence-corrected chi connectivity index (χ2v) is 11.7. The Morgan fingerprint density at radius 2 is 0.571 bits per heavy atom. The quantitative estimate of drug-likeness (QED) is 0.196. The summed E-state index contributed by atoms with van der Waals surface area (Å²) in [5.74, 6) is 1.73. The van der Waals surface area contributed by atoms with Crippen molar-refractivity contribution >= 4 is 37.1 Å². The van der Waals surface area contributed by atoms with Gasteiger partial charge in [-0.1, -0.05) is 72.8 Å². The van der Waals surface area contributed by atoms with Gasteiger partial charge in [-0.25, -0.2) is 0 Å². The Labute approximate surface area is 227 Å². The molecule has 4 aromatic carbocycles. The Morgan fingerprint density at radius 3 is 0.743 bits per heavy atom. The number of hydrogen-bond acceptors (Lipinski definition) is 8. The van der Waals surface area contributed by atoms with E-state index in [4.69, 9.17) is 41.7 Å². The predicted molar refractivity (Wildman–Crippen MR) is 137 cm³/mol. The van der Waals surface area contributed by atoms with Crippen molar-refractivity contribution in [1.29, 1.82) is 0 Å². The summed E-state index contributed by atoms with van der Waals surface area (Å²) in [5, 5.41) is 0. The van der Waals surface area contributed by atoms with Gasteiger partial charge in [0.05, 0.1) is 0 Å². The first-order valence-corrected chi connectivity index (χ1v) is 15.0. The van der Waals surface area contributed by atoms with E-state index in [1.54, 1.807) is 97.1 Å². The molecule has 0 bridgehead atoms. The zero-order valence-electron chi connectivity index (χ0n) is 18.4. The summed E-state index contributed by atoms with van der Waals surface area (Å²) in [6.07, 6.45) is 0. The minimum atomic E-state index is -3.55. The summed E-state index contributed by atoms with van der Waals surface area (Å²) in [5.41, 5.74) is 0. The van der Waals surface area contributed by atoms with Crippen LogP contribution in [0.1, 0.15) is 0 Å². The first kappa shape index (κ1) is 29.2. The minimum absolute atomic E-state index is 0. The summed E-state index contributed by atoms with van der Waals surface area (Å²) < 4.78 is 20.6. The molecular formula is C24H20O6P2S2Zn. The molecule has 0 aliphatic heterocycles. The molecule has 6 nitrogen and oxygen atoms in total. The average Bonchev–Trinajstić information content (AvgIpc) is 2.81. The summed E-state index contributed by atoms with van der Waals surface area (Å²) in [6.45, 7) is -7.11. The fourth-order valence-corrected chi connectivity index (χ4v) is 5.11. The van der Waals surface area contributed by atoms with Crippen LogP contribution in [0.15, 0.2) is 121 Å². The van der Waals surface area contributed by atoms with E-state index >= 15 is 0 Å². The van der Waals surface area contributed by atoms with Crippen molar-refractivity contribution in [2.45, 2.75) is 0 Å². The van der Waals surface area contributed by atoms with Gasteiger partial charge in [-0.15, -0.1) is 0 Å². The molecular weight excluding hydrogens is 576 g/mol. The van der Waals surface area contributed by atoms with Gasteiger partial charge in [0.25, 0.3) is 0 Å². The smallest absolute Gasteiger partial charge is 0.760 e. The molecule has 4 rings (SSSR count). The van der Waals surface area contributed by atoms with Gasteiger partial charge in [0.1, 0.15) is 23.0 Å². The monoisotopic (exact) mass is 594 g/mol. The minimum Gasteiger partial charge on any atom is -0.760 e. The number of para-hydroxylation sites is 4. The van der Waals surface area contributed by atoms with Crippen molar-refractivity contribution in [1.82, 2.24) is 0 Å². The zero-order valence-corrected chi connectivity index (χ0v) is 24.8. The summed E-state index contributed by atoms with van der Waals surface area (Å²) in [6, 6.07) is 34.9. The van der Waals surface area contributed by atoms with Crippen LogP contribution in [0.2, 0.25) is 0 Å². The Morgan fingerprint density at radius 1 is 0.400 bits per heavy atom. The van der Waals surface area contributed by atoms with E-state index in [1.807, 2.05) is 24.3 Å². The average molecular weight is 596 g/mol. The summed E-state index contributed by atoms with van der Waals surface area (Å²) in [4.78, 5) is 23.8. The molecule has 0 atom stereocenters. The maximum Gasteiger partial charge on any atom is 2.00 e. The molecule has 0 fully saturated rings. The molecule has 0 saturated carbocycles. The molecule has 0 N–H and O–H groups in total. The van der Waals surface area contributed by atoms with Crippen molar-refractivity contribution in [3.05, 3.63) is 121 Å². The molecule has 35 heavy (non-hydrogen) atoms. The predicted octanol–water partition coefficient (Wildman–Crippen LogP) is 5.46. The molecule has 0 unspecified atom stereocenters. The van der Waals surface area contributed by atoms with Crippen LogP contribution in [0.5, 0.6) is 23.0 Å². The van der Waals surface area contributed by atoms with Crippen LogP contribution >= 0.6 is 13.4 Å². The van der Waals surface area contributed by atoms with Crippen LogP contribution in [0.25, 0.3) is 0 Å². The molecule has 176 valence electrons. The van der Waals surface area contributed by atoms with E-state index in [2.05, 4.69) is 0 Å². The molecule has 0 aliphatic rings. The maximum absolute atomic E-state index is 11.9. The van der Waals surface area contributed by atoms with Crippen LogP contribution in [-0.4, -0.2) is 0 Å². The van der Waals surface area contributed by atoms with Crippen LogP contribution < -0.4 is 27.9 Å². The fraction of sp³-hybridized carbons (Fsp3) is 0. The molecule has 4 aromatic rings. The molecule has 0 aromatic heterocycles. The Balaban J connectivity index is 0.000000240. The SMILES string of the molecule is [O-]P(=S)(Oc1ccccc1)Oc1ccccc1.[O-]P(=S)(Oc1ccccc1)Oc1ccccc1.[Zn+2]. The Hall–Kier alpha value is -2.08. The van der Waals surface area contributed by atoms with E-state index in [0.717, 1.165) is 0 Å². The largest absolute Gasteiger partial charge is 2.00 e. The molecule has 11 heteroatoms. The zero-order chi connectivity index (χ0) is 24.3. The van der Waals surface area contributed by atoms with E-state index in [1.165, 1.54) is 0 Å². The van der Waals surface area contributed by atoms with Gasteiger partial charge in [0, 0.05) is 0 Å². The molecule has 0 aliphatic carbocycles. The third-order valence-electron chi connectivity index (χ3n) is 3.84. The van der Waals surface area contributed by atoms with Crippen LogP contribution in [0.3, 0.4) is 0 Å². The number of hydrogen-bond donors (Lipinski definition) is 0. The first-order chi connectivity index (χ1) is 16.3. The normalized spacial score (nSPS) is 10.6. The molecule has 0 spiro atoms. The number of benzene rings is 4. The van der Waals surface area contributed by atoms with Gasteiger partial charge >= 0.3 is 19.5 Å². The molecule has 0 saturated heterocycles. The van der Waals surface area contributed by atoms with Crippen molar-refractivity contribution < 1.29 is 47.4 Å². The number of rotatable bonds is 8. The van der Waals surface area contributed by atoms with Crippen LogP contribution in [-0.2, 0) is 43.1 Å². The third-order valence-corrected chi connectivity index (χ3v) is 6.47. The van der Waals surface area contributed by atoms with Gasteiger partial charge in [0.2, 0.25) is 13.4 Å². The van der Waals surface area contributed by atoms with Crippen molar-refractivity contribution in [3.8, 4) is 23.0 Å². The van der Waals surface area contributed by atoms with Gasteiger partial charge in [0.15, 0.2) is 0 Å². The summed E-state index contributed by atoms with van der Waals surface area (Å²) >= 11 is 9.64. The Kier molecular flexibility index (Phi) is 12.1. The first-order valence-electron chi connectivity index (χ1n) is 9.92. The second kappa shape index (κ2) is 14.5. The van der Waals surface area contributed by atoms with Gasteiger partial charge in [-0.05, 0) is 72.1 Å². The maximum atomic E-state index is 11.9. The van der Waals surface area contributed by atoms with E-state index in [-0.39, 0.29) is 19.5 Å².